The number of carbonyl (C=O) groups excluding carboxylic acids is 1. The minimum Gasteiger partial charge on any atom is -0.493 e. The van der Waals surface area contributed by atoms with Crippen molar-refractivity contribution in [1.29, 1.82) is 0 Å². The van der Waals surface area contributed by atoms with E-state index in [0.29, 0.717) is 5.56 Å². The Morgan fingerprint density at radius 3 is 2.54 bits per heavy atom. The highest BCUT2D eigenvalue weighted by atomic mass is 19.1. The van der Waals surface area contributed by atoms with Crippen molar-refractivity contribution in [3.8, 4) is 11.6 Å². The third kappa shape index (κ3) is 4.01. The maximum absolute atomic E-state index is 13.9. The van der Waals surface area contributed by atoms with Gasteiger partial charge in [-0.05, 0) is 30.2 Å². The van der Waals surface area contributed by atoms with E-state index in [0.717, 1.165) is 16.3 Å². The third-order valence-corrected chi connectivity index (χ3v) is 4.25. The molecule has 144 valence electrons. The highest BCUT2D eigenvalue weighted by molar-refractivity contribution is 5.93. The molecule has 3 N–H and O–H groups in total. The zero-order chi connectivity index (χ0) is 20.3. The molecule has 3 aromatic rings. The second-order valence-electron chi connectivity index (χ2n) is 6.23. The summed E-state index contributed by atoms with van der Waals surface area (Å²) in [7, 11) is 0. The van der Waals surface area contributed by atoms with Gasteiger partial charge < -0.3 is 15.5 Å². The van der Waals surface area contributed by atoms with Crippen LogP contribution in [0.4, 0.5) is 4.39 Å². The molecule has 2 aromatic carbocycles. The van der Waals surface area contributed by atoms with Crippen LogP contribution in [0, 0.1) is 12.7 Å². The lowest BCUT2D eigenvalue weighted by Crippen LogP contribution is -2.31. The molecular weight excluding hydrogens is 365 g/mol. The summed E-state index contributed by atoms with van der Waals surface area (Å²) in [5, 5.41) is 25.8. The second kappa shape index (κ2) is 7.91. The standard InChI is InChI=1S/C20H18FN3O4/c1-12-6-2-3-7-13(12)15(11-19(26)27)22-20(28)16-10-18(25)24(23-16)17-9-5-4-8-14(17)21/h2-10,15,25H,11H2,1H3,(H,22,28)(H,26,27)/t15-/m0/s1. The van der Waals surface area contributed by atoms with E-state index >= 15 is 0 Å². The van der Waals surface area contributed by atoms with Crippen LogP contribution in [0.3, 0.4) is 0 Å². The van der Waals surface area contributed by atoms with Gasteiger partial charge in [-0.15, -0.1) is 0 Å². The first-order valence-corrected chi connectivity index (χ1v) is 8.49. The lowest BCUT2D eigenvalue weighted by Gasteiger charge is -2.18. The van der Waals surface area contributed by atoms with Gasteiger partial charge in [-0.1, -0.05) is 36.4 Å². The van der Waals surface area contributed by atoms with E-state index in [-0.39, 0.29) is 17.8 Å². The first-order valence-electron chi connectivity index (χ1n) is 8.49. The summed E-state index contributed by atoms with van der Waals surface area (Å²) in [6, 6.07) is 13.1. The van der Waals surface area contributed by atoms with Gasteiger partial charge in [0.05, 0.1) is 12.5 Å². The number of rotatable bonds is 6. The number of hydrogen-bond acceptors (Lipinski definition) is 4. The molecule has 0 unspecified atom stereocenters. The molecule has 0 fully saturated rings. The molecule has 28 heavy (non-hydrogen) atoms. The summed E-state index contributed by atoms with van der Waals surface area (Å²) in [4.78, 5) is 23.9. The van der Waals surface area contributed by atoms with Crippen molar-refractivity contribution in [3.05, 3.63) is 77.2 Å². The molecule has 0 aliphatic carbocycles. The monoisotopic (exact) mass is 383 g/mol. The van der Waals surface area contributed by atoms with E-state index in [9.17, 15) is 24.2 Å². The van der Waals surface area contributed by atoms with Crippen molar-refractivity contribution >= 4 is 11.9 Å². The number of para-hydroxylation sites is 1. The molecule has 7 nitrogen and oxygen atoms in total. The normalized spacial score (nSPS) is 11.8. The van der Waals surface area contributed by atoms with Crippen LogP contribution in [-0.4, -0.2) is 31.9 Å². The number of carboxylic acids is 1. The average molecular weight is 383 g/mol. The molecule has 8 heteroatoms. The first-order chi connectivity index (χ1) is 13.4. The molecule has 0 aliphatic rings. The van der Waals surface area contributed by atoms with Gasteiger partial charge in [-0.3, -0.25) is 9.59 Å². The number of aromatic hydroxyl groups is 1. The van der Waals surface area contributed by atoms with Gasteiger partial charge in [0.15, 0.2) is 5.69 Å². The van der Waals surface area contributed by atoms with Gasteiger partial charge in [-0.2, -0.15) is 9.78 Å². The average Bonchev–Trinajstić information content (AvgIpc) is 3.03. The maximum atomic E-state index is 13.9. The summed E-state index contributed by atoms with van der Waals surface area (Å²) in [6.07, 6.45) is -0.323. The highest BCUT2D eigenvalue weighted by Gasteiger charge is 2.23. The number of benzene rings is 2. The highest BCUT2D eigenvalue weighted by Crippen LogP contribution is 2.23. The molecular formula is C20H18FN3O4. The number of carbonyl (C=O) groups is 2. The lowest BCUT2D eigenvalue weighted by atomic mass is 9.98. The Hall–Kier alpha value is -3.68. The Morgan fingerprint density at radius 2 is 1.86 bits per heavy atom. The van der Waals surface area contributed by atoms with Crippen LogP contribution < -0.4 is 5.32 Å². The number of nitrogens with zero attached hydrogens (tertiary/aromatic N) is 2. The summed E-state index contributed by atoms with van der Waals surface area (Å²) in [5.74, 6) is -2.79. The van der Waals surface area contributed by atoms with Crippen molar-refractivity contribution in [2.75, 3.05) is 0 Å². The molecule has 1 aromatic heterocycles. The van der Waals surface area contributed by atoms with Crippen LogP contribution in [0.5, 0.6) is 5.88 Å². The summed E-state index contributed by atoms with van der Waals surface area (Å²) < 4.78 is 14.9. The Labute approximate surface area is 160 Å². The number of aromatic nitrogens is 2. The molecule has 1 atom stereocenters. The third-order valence-electron chi connectivity index (χ3n) is 4.25. The van der Waals surface area contributed by atoms with Gasteiger partial charge in [0.2, 0.25) is 5.88 Å². The molecule has 0 spiro atoms. The minimum absolute atomic E-state index is 0.0139. The van der Waals surface area contributed by atoms with Crippen molar-refractivity contribution in [2.45, 2.75) is 19.4 Å². The van der Waals surface area contributed by atoms with Crippen LogP contribution in [0.15, 0.2) is 54.6 Å². The van der Waals surface area contributed by atoms with Gasteiger partial charge in [0.1, 0.15) is 11.5 Å². The zero-order valence-corrected chi connectivity index (χ0v) is 15.0. The molecule has 0 saturated heterocycles. The largest absolute Gasteiger partial charge is 0.493 e. The predicted octanol–water partition coefficient (Wildman–Crippen LogP) is 2.97. The van der Waals surface area contributed by atoms with Crippen molar-refractivity contribution in [2.24, 2.45) is 0 Å². The topological polar surface area (TPSA) is 104 Å². The molecule has 0 radical (unpaired) electrons. The van der Waals surface area contributed by atoms with Crippen molar-refractivity contribution in [1.82, 2.24) is 15.1 Å². The van der Waals surface area contributed by atoms with Crippen LogP contribution in [0.1, 0.15) is 34.1 Å². The van der Waals surface area contributed by atoms with E-state index in [2.05, 4.69) is 10.4 Å². The van der Waals surface area contributed by atoms with E-state index in [1.165, 1.54) is 18.2 Å². The van der Waals surface area contributed by atoms with E-state index in [1.54, 1.807) is 18.2 Å². The van der Waals surface area contributed by atoms with Crippen LogP contribution >= 0.6 is 0 Å². The Morgan fingerprint density at radius 1 is 1.18 bits per heavy atom. The fourth-order valence-corrected chi connectivity index (χ4v) is 2.91. The van der Waals surface area contributed by atoms with E-state index in [4.69, 9.17) is 0 Å². The predicted molar refractivity (Wildman–Crippen MR) is 98.8 cm³/mol. The number of hydrogen-bond donors (Lipinski definition) is 3. The summed E-state index contributed by atoms with van der Waals surface area (Å²) in [6.45, 7) is 1.81. The SMILES string of the molecule is Cc1ccccc1[C@H](CC(=O)O)NC(=O)c1cc(O)n(-c2ccccc2F)n1. The zero-order valence-electron chi connectivity index (χ0n) is 15.0. The van der Waals surface area contributed by atoms with Crippen molar-refractivity contribution < 1.29 is 24.2 Å². The molecule has 1 amide bonds. The Kier molecular flexibility index (Phi) is 5.39. The number of aryl methyl sites for hydroxylation is 1. The fourth-order valence-electron chi connectivity index (χ4n) is 2.91. The van der Waals surface area contributed by atoms with Crippen LogP contribution in [0.25, 0.3) is 5.69 Å². The number of nitrogens with one attached hydrogen (secondary N) is 1. The lowest BCUT2D eigenvalue weighted by molar-refractivity contribution is -0.137. The smallest absolute Gasteiger partial charge is 0.305 e. The number of aliphatic carboxylic acids is 1. The maximum Gasteiger partial charge on any atom is 0.305 e. The number of carboxylic acid groups (broad SMARTS) is 1. The number of amides is 1. The molecule has 0 aliphatic heterocycles. The van der Waals surface area contributed by atoms with Crippen LogP contribution in [-0.2, 0) is 4.79 Å². The van der Waals surface area contributed by atoms with Gasteiger partial charge in [0, 0.05) is 6.07 Å². The molecule has 0 saturated carbocycles. The Balaban J connectivity index is 1.89. The van der Waals surface area contributed by atoms with Crippen LogP contribution in [0.2, 0.25) is 0 Å². The molecule has 0 bridgehead atoms. The fraction of sp³-hybridized carbons (Fsp3) is 0.150. The van der Waals surface area contributed by atoms with Gasteiger partial charge in [-0.25, -0.2) is 4.39 Å². The summed E-state index contributed by atoms with van der Waals surface area (Å²) >= 11 is 0. The van der Waals surface area contributed by atoms with Crippen molar-refractivity contribution in [3.63, 3.8) is 0 Å². The van der Waals surface area contributed by atoms with E-state index < -0.39 is 29.6 Å². The minimum atomic E-state index is -1.08. The second-order valence-corrected chi connectivity index (χ2v) is 6.23. The quantitative estimate of drug-likeness (QED) is 0.607. The molecule has 3 rings (SSSR count). The number of halogens is 1. The Bertz CT molecular complexity index is 1030. The molecule has 1 heterocycles. The first kappa shape index (κ1) is 19.1. The summed E-state index contributed by atoms with van der Waals surface area (Å²) in [5.41, 5.74) is 1.31. The van der Waals surface area contributed by atoms with Gasteiger partial charge >= 0.3 is 5.97 Å². The van der Waals surface area contributed by atoms with E-state index in [1.807, 2.05) is 19.1 Å². The van der Waals surface area contributed by atoms with Gasteiger partial charge in [0.25, 0.3) is 5.91 Å².